The molecule has 4 nitrogen and oxygen atoms in total. The average molecular weight is 364 g/mol. The van der Waals surface area contributed by atoms with E-state index in [-0.39, 0.29) is 24.7 Å². The number of carbonyl (C=O) groups excluding carboxylic acids is 2. The van der Waals surface area contributed by atoms with Gasteiger partial charge < -0.3 is 10.2 Å². The number of carbonyl (C=O) groups is 2. The molecule has 7 heteroatoms. The molecule has 2 aromatic rings. The molecule has 138 valence electrons. The fraction of sp³-hybridized carbons (Fsp3) is 0.263. The number of benzene rings is 2. The SMILES string of the molecule is CN(C)C(=O)Cc1ccc(NC(=O)Cc2ccc(C(F)(F)F)cc2)cc1. The summed E-state index contributed by atoms with van der Waals surface area (Å²) in [5.41, 5.74) is 1.13. The molecule has 0 bridgehead atoms. The van der Waals surface area contributed by atoms with Gasteiger partial charge in [0.15, 0.2) is 0 Å². The lowest BCUT2D eigenvalue weighted by Crippen LogP contribution is -2.23. The van der Waals surface area contributed by atoms with E-state index in [4.69, 9.17) is 0 Å². The lowest BCUT2D eigenvalue weighted by atomic mass is 10.1. The van der Waals surface area contributed by atoms with Gasteiger partial charge in [-0.15, -0.1) is 0 Å². The Hall–Kier alpha value is -2.83. The van der Waals surface area contributed by atoms with E-state index in [0.29, 0.717) is 11.3 Å². The van der Waals surface area contributed by atoms with Crippen LogP contribution in [0.15, 0.2) is 48.5 Å². The summed E-state index contributed by atoms with van der Waals surface area (Å²) in [6, 6.07) is 11.4. The number of alkyl halides is 3. The summed E-state index contributed by atoms with van der Waals surface area (Å²) in [5, 5.41) is 2.68. The van der Waals surface area contributed by atoms with Crippen molar-refractivity contribution in [2.45, 2.75) is 19.0 Å². The summed E-state index contributed by atoms with van der Waals surface area (Å²) in [6.45, 7) is 0. The van der Waals surface area contributed by atoms with Gasteiger partial charge >= 0.3 is 6.18 Å². The Bertz CT molecular complexity index is 767. The lowest BCUT2D eigenvalue weighted by Gasteiger charge is -2.11. The minimum Gasteiger partial charge on any atom is -0.349 e. The molecular formula is C19H19F3N2O2. The fourth-order valence-electron chi connectivity index (χ4n) is 2.24. The molecular weight excluding hydrogens is 345 g/mol. The van der Waals surface area contributed by atoms with Crippen LogP contribution in [0.1, 0.15) is 16.7 Å². The smallest absolute Gasteiger partial charge is 0.349 e. The maximum Gasteiger partial charge on any atom is 0.416 e. The Labute approximate surface area is 149 Å². The van der Waals surface area contributed by atoms with Crippen LogP contribution in [0, 0.1) is 0 Å². The van der Waals surface area contributed by atoms with Crippen molar-refractivity contribution in [2.75, 3.05) is 19.4 Å². The van der Waals surface area contributed by atoms with E-state index < -0.39 is 11.7 Å². The maximum atomic E-state index is 12.5. The van der Waals surface area contributed by atoms with Gasteiger partial charge in [-0.1, -0.05) is 24.3 Å². The summed E-state index contributed by atoms with van der Waals surface area (Å²) in [7, 11) is 3.36. The van der Waals surface area contributed by atoms with Crippen LogP contribution in [-0.2, 0) is 28.6 Å². The molecule has 2 rings (SSSR count). The molecule has 0 heterocycles. The van der Waals surface area contributed by atoms with Gasteiger partial charge in [0, 0.05) is 19.8 Å². The zero-order valence-electron chi connectivity index (χ0n) is 14.4. The summed E-state index contributed by atoms with van der Waals surface area (Å²) < 4.78 is 37.6. The highest BCUT2D eigenvalue weighted by Crippen LogP contribution is 2.29. The van der Waals surface area contributed by atoms with E-state index in [9.17, 15) is 22.8 Å². The van der Waals surface area contributed by atoms with Crippen molar-refractivity contribution in [1.29, 1.82) is 0 Å². The molecule has 0 aliphatic rings. The Morgan fingerprint density at radius 1 is 0.885 bits per heavy atom. The molecule has 0 spiro atoms. The first-order valence-electron chi connectivity index (χ1n) is 7.90. The first kappa shape index (κ1) is 19.5. The van der Waals surface area contributed by atoms with Crippen molar-refractivity contribution in [3.63, 3.8) is 0 Å². The predicted octanol–water partition coefficient (Wildman–Crippen LogP) is 3.52. The summed E-state index contributed by atoms with van der Waals surface area (Å²) in [6.07, 6.45) is -4.15. The number of nitrogens with zero attached hydrogens (tertiary/aromatic N) is 1. The molecule has 2 aromatic carbocycles. The van der Waals surface area contributed by atoms with Crippen LogP contribution >= 0.6 is 0 Å². The highest BCUT2D eigenvalue weighted by atomic mass is 19.4. The standard InChI is InChI=1S/C19H19F3N2O2/c1-24(2)18(26)12-14-5-9-16(10-6-14)23-17(25)11-13-3-7-15(8-4-13)19(20,21)22/h3-10H,11-12H2,1-2H3,(H,23,25). The second-order valence-electron chi connectivity index (χ2n) is 6.08. The number of likely N-dealkylation sites (N-methyl/N-ethyl adjacent to an activating group) is 1. The van der Waals surface area contributed by atoms with Gasteiger partial charge in [-0.3, -0.25) is 9.59 Å². The number of hydrogen-bond acceptors (Lipinski definition) is 2. The van der Waals surface area contributed by atoms with Gasteiger partial charge in [-0.05, 0) is 35.4 Å². The van der Waals surface area contributed by atoms with Gasteiger partial charge in [0.05, 0.1) is 18.4 Å². The summed E-state index contributed by atoms with van der Waals surface area (Å²) in [5.74, 6) is -0.356. The van der Waals surface area contributed by atoms with E-state index in [2.05, 4.69) is 5.32 Å². The highest BCUT2D eigenvalue weighted by Gasteiger charge is 2.29. The van der Waals surface area contributed by atoms with Gasteiger partial charge in [0.1, 0.15) is 0 Å². The van der Waals surface area contributed by atoms with Crippen LogP contribution in [0.5, 0.6) is 0 Å². The second kappa shape index (κ2) is 8.03. The van der Waals surface area contributed by atoms with Crippen LogP contribution in [0.2, 0.25) is 0 Å². The molecule has 0 saturated heterocycles. The number of hydrogen-bond donors (Lipinski definition) is 1. The third kappa shape index (κ3) is 5.61. The Morgan fingerprint density at radius 2 is 1.38 bits per heavy atom. The number of halogens is 3. The number of anilines is 1. The van der Waals surface area contributed by atoms with Gasteiger partial charge in [-0.25, -0.2) is 0 Å². The third-order valence-corrected chi connectivity index (χ3v) is 3.74. The minimum absolute atomic E-state index is 0.0240. The van der Waals surface area contributed by atoms with Crippen LogP contribution in [-0.4, -0.2) is 30.8 Å². The van der Waals surface area contributed by atoms with E-state index >= 15 is 0 Å². The zero-order chi connectivity index (χ0) is 19.3. The summed E-state index contributed by atoms with van der Waals surface area (Å²) >= 11 is 0. The topological polar surface area (TPSA) is 49.4 Å². The van der Waals surface area contributed by atoms with E-state index in [0.717, 1.165) is 17.7 Å². The summed E-state index contributed by atoms with van der Waals surface area (Å²) in [4.78, 5) is 25.2. The molecule has 0 aliphatic carbocycles. The van der Waals surface area contributed by atoms with Crippen molar-refractivity contribution in [1.82, 2.24) is 4.90 Å². The third-order valence-electron chi connectivity index (χ3n) is 3.74. The molecule has 26 heavy (non-hydrogen) atoms. The normalized spacial score (nSPS) is 11.1. The number of amides is 2. The fourth-order valence-corrected chi connectivity index (χ4v) is 2.24. The van der Waals surface area contributed by atoms with Crippen molar-refractivity contribution >= 4 is 17.5 Å². The highest BCUT2D eigenvalue weighted by molar-refractivity contribution is 5.92. The van der Waals surface area contributed by atoms with Gasteiger partial charge in [0.25, 0.3) is 0 Å². The zero-order valence-corrected chi connectivity index (χ0v) is 14.4. The molecule has 0 saturated carbocycles. The van der Waals surface area contributed by atoms with Crippen LogP contribution < -0.4 is 5.32 Å². The number of nitrogens with one attached hydrogen (secondary N) is 1. The molecule has 0 atom stereocenters. The largest absolute Gasteiger partial charge is 0.416 e. The van der Waals surface area contributed by atoms with Crippen molar-refractivity contribution in [3.8, 4) is 0 Å². The van der Waals surface area contributed by atoms with Crippen LogP contribution in [0.25, 0.3) is 0 Å². The molecule has 0 fully saturated rings. The van der Waals surface area contributed by atoms with Crippen LogP contribution in [0.3, 0.4) is 0 Å². The molecule has 0 aromatic heterocycles. The Morgan fingerprint density at radius 3 is 1.88 bits per heavy atom. The molecule has 0 unspecified atom stereocenters. The molecule has 0 radical (unpaired) electrons. The van der Waals surface area contributed by atoms with E-state index in [1.54, 1.807) is 38.4 Å². The first-order chi connectivity index (χ1) is 12.1. The first-order valence-corrected chi connectivity index (χ1v) is 7.90. The Kier molecular flexibility index (Phi) is 6.02. The van der Waals surface area contributed by atoms with Gasteiger partial charge in [0.2, 0.25) is 11.8 Å². The average Bonchev–Trinajstić information content (AvgIpc) is 2.56. The van der Waals surface area contributed by atoms with E-state index in [1.807, 2.05) is 0 Å². The monoisotopic (exact) mass is 364 g/mol. The molecule has 1 N–H and O–H groups in total. The quantitative estimate of drug-likeness (QED) is 0.883. The van der Waals surface area contributed by atoms with E-state index in [1.165, 1.54) is 17.0 Å². The van der Waals surface area contributed by atoms with Gasteiger partial charge in [-0.2, -0.15) is 13.2 Å². The van der Waals surface area contributed by atoms with Crippen molar-refractivity contribution in [3.05, 3.63) is 65.2 Å². The number of rotatable bonds is 5. The lowest BCUT2D eigenvalue weighted by molar-refractivity contribution is -0.137. The second-order valence-corrected chi connectivity index (χ2v) is 6.08. The van der Waals surface area contributed by atoms with Crippen molar-refractivity contribution < 1.29 is 22.8 Å². The molecule has 2 amide bonds. The Balaban J connectivity index is 1.92. The minimum atomic E-state index is -4.39. The maximum absolute atomic E-state index is 12.5. The molecule has 0 aliphatic heterocycles. The van der Waals surface area contributed by atoms with Crippen molar-refractivity contribution in [2.24, 2.45) is 0 Å². The van der Waals surface area contributed by atoms with Crippen LogP contribution in [0.4, 0.5) is 18.9 Å². The predicted molar refractivity (Wildman–Crippen MR) is 92.6 cm³/mol.